The lowest BCUT2D eigenvalue weighted by molar-refractivity contribution is 0.151. The molecule has 1 unspecified atom stereocenters. The molecule has 0 saturated heterocycles. The fourth-order valence-electron chi connectivity index (χ4n) is 2.50. The van der Waals surface area contributed by atoms with Crippen LogP contribution >= 0.6 is 0 Å². The lowest BCUT2D eigenvalue weighted by atomic mass is 10.0. The highest BCUT2D eigenvalue weighted by Crippen LogP contribution is 2.25. The Hall–Kier alpha value is -0.930. The summed E-state index contributed by atoms with van der Waals surface area (Å²) < 4.78 is 14.0. The minimum atomic E-state index is -0.154. The first kappa shape index (κ1) is 16.1. The molecule has 1 atom stereocenters. The van der Waals surface area contributed by atoms with Crippen molar-refractivity contribution in [3.8, 4) is 0 Å². The molecule has 0 aliphatic heterocycles. The van der Waals surface area contributed by atoms with Gasteiger partial charge in [0.1, 0.15) is 5.82 Å². The molecule has 108 valence electrons. The van der Waals surface area contributed by atoms with Gasteiger partial charge in [-0.3, -0.25) is 4.90 Å². The van der Waals surface area contributed by atoms with Gasteiger partial charge < -0.3 is 5.73 Å². The summed E-state index contributed by atoms with van der Waals surface area (Å²) in [4.78, 5) is 2.31. The van der Waals surface area contributed by atoms with Crippen LogP contribution in [0.2, 0.25) is 0 Å². The lowest BCUT2D eigenvalue weighted by Crippen LogP contribution is -2.39. The summed E-state index contributed by atoms with van der Waals surface area (Å²) in [6.07, 6.45) is 3.54. The predicted molar refractivity (Wildman–Crippen MR) is 79.6 cm³/mol. The molecule has 0 spiro atoms. The third-order valence-corrected chi connectivity index (χ3v) is 3.57. The Bertz CT molecular complexity index is 366. The van der Waals surface area contributed by atoms with Crippen LogP contribution in [-0.2, 0) is 0 Å². The van der Waals surface area contributed by atoms with Gasteiger partial charge in [-0.2, -0.15) is 0 Å². The van der Waals surface area contributed by atoms with Crippen LogP contribution in [0.3, 0.4) is 0 Å². The van der Waals surface area contributed by atoms with Gasteiger partial charge in [0.25, 0.3) is 0 Å². The van der Waals surface area contributed by atoms with Crippen LogP contribution < -0.4 is 5.73 Å². The first-order chi connectivity index (χ1) is 9.11. The maximum absolute atomic E-state index is 14.0. The summed E-state index contributed by atoms with van der Waals surface area (Å²) in [6.45, 7) is 7.91. The van der Waals surface area contributed by atoms with Crippen molar-refractivity contribution in [3.05, 3.63) is 35.6 Å². The molecular formula is C16H27FN2. The Balaban J connectivity index is 2.87. The van der Waals surface area contributed by atoms with Gasteiger partial charge in [-0.15, -0.1) is 0 Å². The van der Waals surface area contributed by atoms with E-state index in [0.717, 1.165) is 18.5 Å². The first-order valence-corrected chi connectivity index (χ1v) is 7.32. The molecule has 0 radical (unpaired) electrons. The Morgan fingerprint density at radius 2 is 1.89 bits per heavy atom. The summed E-state index contributed by atoms with van der Waals surface area (Å²) in [5, 5.41) is 0. The molecule has 0 aromatic heterocycles. The second-order valence-corrected chi connectivity index (χ2v) is 5.31. The number of benzene rings is 1. The van der Waals surface area contributed by atoms with Crippen molar-refractivity contribution in [3.63, 3.8) is 0 Å². The van der Waals surface area contributed by atoms with Gasteiger partial charge in [0.15, 0.2) is 0 Å². The van der Waals surface area contributed by atoms with Gasteiger partial charge in [-0.25, -0.2) is 4.39 Å². The third kappa shape index (κ3) is 4.59. The van der Waals surface area contributed by atoms with Gasteiger partial charge in [0.2, 0.25) is 0 Å². The van der Waals surface area contributed by atoms with Gasteiger partial charge in [0, 0.05) is 18.2 Å². The van der Waals surface area contributed by atoms with E-state index in [2.05, 4.69) is 25.7 Å². The van der Waals surface area contributed by atoms with E-state index in [1.165, 1.54) is 18.9 Å². The topological polar surface area (TPSA) is 29.3 Å². The molecule has 0 amide bonds. The van der Waals surface area contributed by atoms with Crippen molar-refractivity contribution in [1.29, 1.82) is 0 Å². The molecule has 0 bridgehead atoms. The summed E-state index contributed by atoms with van der Waals surface area (Å²) in [7, 11) is 0. The molecule has 19 heavy (non-hydrogen) atoms. The Morgan fingerprint density at radius 3 is 2.42 bits per heavy atom. The Morgan fingerprint density at radius 1 is 1.21 bits per heavy atom. The zero-order valence-electron chi connectivity index (χ0n) is 12.4. The molecule has 0 heterocycles. The third-order valence-electron chi connectivity index (χ3n) is 3.57. The summed E-state index contributed by atoms with van der Waals surface area (Å²) in [5.41, 5.74) is 6.63. The van der Waals surface area contributed by atoms with Gasteiger partial charge in [-0.1, -0.05) is 38.0 Å². The van der Waals surface area contributed by atoms with Gasteiger partial charge in [0.05, 0.1) is 6.04 Å². The highest BCUT2D eigenvalue weighted by Gasteiger charge is 2.23. The fraction of sp³-hybridized carbons (Fsp3) is 0.625. The SMILES string of the molecule is CCCCCN(C(C)C)C(CN)c1ccccc1F. The van der Waals surface area contributed by atoms with Crippen LogP contribution in [0.5, 0.6) is 0 Å². The Labute approximate surface area is 116 Å². The smallest absolute Gasteiger partial charge is 0.128 e. The normalized spacial score (nSPS) is 13.2. The maximum Gasteiger partial charge on any atom is 0.128 e. The summed E-state index contributed by atoms with van der Waals surface area (Å²) in [5.74, 6) is -0.154. The van der Waals surface area contributed by atoms with Crippen molar-refractivity contribution < 1.29 is 4.39 Å². The first-order valence-electron chi connectivity index (χ1n) is 7.32. The van der Waals surface area contributed by atoms with E-state index in [1.807, 2.05) is 12.1 Å². The zero-order valence-corrected chi connectivity index (χ0v) is 12.4. The second-order valence-electron chi connectivity index (χ2n) is 5.31. The molecule has 0 aliphatic carbocycles. The molecule has 2 nitrogen and oxygen atoms in total. The molecule has 0 aliphatic rings. The van der Waals surface area contributed by atoms with Crippen LogP contribution in [0, 0.1) is 5.82 Å². The van der Waals surface area contributed by atoms with Gasteiger partial charge in [-0.05, 0) is 32.9 Å². The molecule has 0 saturated carbocycles. The molecule has 1 rings (SSSR count). The molecule has 1 aromatic rings. The molecule has 2 N–H and O–H groups in total. The zero-order chi connectivity index (χ0) is 14.3. The van der Waals surface area contributed by atoms with Crippen LogP contribution in [0.25, 0.3) is 0 Å². The van der Waals surface area contributed by atoms with E-state index in [-0.39, 0.29) is 11.9 Å². The fourth-order valence-corrected chi connectivity index (χ4v) is 2.50. The number of nitrogens with zero attached hydrogens (tertiary/aromatic N) is 1. The monoisotopic (exact) mass is 266 g/mol. The number of hydrogen-bond donors (Lipinski definition) is 1. The van der Waals surface area contributed by atoms with Crippen LogP contribution in [0.15, 0.2) is 24.3 Å². The predicted octanol–water partition coefficient (Wildman–Crippen LogP) is 3.73. The van der Waals surface area contributed by atoms with E-state index in [1.54, 1.807) is 6.07 Å². The minimum absolute atomic E-state index is 0.0296. The quantitative estimate of drug-likeness (QED) is 0.726. The highest BCUT2D eigenvalue weighted by atomic mass is 19.1. The molecule has 1 aromatic carbocycles. The largest absolute Gasteiger partial charge is 0.329 e. The van der Waals surface area contributed by atoms with Crippen molar-refractivity contribution in [2.24, 2.45) is 5.73 Å². The number of rotatable bonds is 8. The van der Waals surface area contributed by atoms with Crippen LogP contribution in [0.1, 0.15) is 51.6 Å². The average molecular weight is 266 g/mol. The minimum Gasteiger partial charge on any atom is -0.329 e. The van der Waals surface area contributed by atoms with E-state index >= 15 is 0 Å². The molecular weight excluding hydrogens is 239 g/mol. The Kier molecular flexibility index (Phi) is 7.03. The van der Waals surface area contributed by atoms with Crippen LogP contribution in [-0.4, -0.2) is 24.0 Å². The lowest BCUT2D eigenvalue weighted by Gasteiger charge is -2.34. The van der Waals surface area contributed by atoms with E-state index in [4.69, 9.17) is 5.73 Å². The van der Waals surface area contributed by atoms with Crippen molar-refractivity contribution in [1.82, 2.24) is 4.90 Å². The number of halogens is 1. The number of nitrogens with two attached hydrogens (primary N) is 1. The number of unbranched alkanes of at least 4 members (excludes halogenated alkanes) is 2. The molecule has 0 fully saturated rings. The summed E-state index contributed by atoms with van der Waals surface area (Å²) in [6, 6.07) is 7.31. The van der Waals surface area contributed by atoms with Crippen molar-refractivity contribution >= 4 is 0 Å². The average Bonchev–Trinajstić information content (AvgIpc) is 2.39. The van der Waals surface area contributed by atoms with Crippen molar-refractivity contribution in [2.75, 3.05) is 13.1 Å². The van der Waals surface area contributed by atoms with Crippen LogP contribution in [0.4, 0.5) is 4.39 Å². The molecule has 3 heteroatoms. The van der Waals surface area contributed by atoms with Crippen molar-refractivity contribution in [2.45, 2.75) is 52.1 Å². The van der Waals surface area contributed by atoms with E-state index in [9.17, 15) is 4.39 Å². The standard InChI is InChI=1S/C16H27FN2/c1-4-5-8-11-19(13(2)3)16(12-18)14-9-6-7-10-15(14)17/h6-7,9-10,13,16H,4-5,8,11-12,18H2,1-3H3. The highest BCUT2D eigenvalue weighted by molar-refractivity contribution is 5.21. The second kappa shape index (κ2) is 8.28. The van der Waals surface area contributed by atoms with E-state index in [0.29, 0.717) is 12.6 Å². The summed E-state index contributed by atoms with van der Waals surface area (Å²) >= 11 is 0. The maximum atomic E-state index is 14.0. The number of hydrogen-bond acceptors (Lipinski definition) is 2. The van der Waals surface area contributed by atoms with E-state index < -0.39 is 0 Å². The van der Waals surface area contributed by atoms with Gasteiger partial charge >= 0.3 is 0 Å².